The van der Waals surface area contributed by atoms with Crippen molar-refractivity contribution in [3.63, 3.8) is 0 Å². The van der Waals surface area contributed by atoms with Gasteiger partial charge in [-0.05, 0) is 31.8 Å². The molecule has 0 saturated carbocycles. The molecule has 0 fully saturated rings. The van der Waals surface area contributed by atoms with Crippen LogP contribution in [0.1, 0.15) is 17.3 Å². The molecular weight excluding hydrogens is 361 g/mol. The first-order valence-corrected chi connectivity index (χ1v) is 9.59. The number of nitrogens with one attached hydrogen (secondary N) is 1. The van der Waals surface area contributed by atoms with Gasteiger partial charge in [0.15, 0.2) is 0 Å². The van der Waals surface area contributed by atoms with E-state index in [1.54, 1.807) is 6.07 Å². The highest BCUT2D eigenvalue weighted by Crippen LogP contribution is 2.23. The maximum absolute atomic E-state index is 13.5. The molecule has 0 aliphatic heterocycles. The minimum absolute atomic E-state index is 0.0943. The second-order valence-electron chi connectivity index (χ2n) is 6.53. The van der Waals surface area contributed by atoms with Crippen LogP contribution in [0, 0.1) is 5.82 Å². The normalized spacial score (nSPS) is 12.1. The van der Waals surface area contributed by atoms with Crippen molar-refractivity contribution in [3.05, 3.63) is 77.1 Å². The predicted molar refractivity (Wildman–Crippen MR) is 107 cm³/mol. The number of aromatic nitrogens is 1. The SMILES string of the molecule is CN(C)C(CNC(=O)Cc1csc(-c2ccccc2)n1)c1cccc(F)c1. The summed E-state index contributed by atoms with van der Waals surface area (Å²) in [4.78, 5) is 18.9. The van der Waals surface area contributed by atoms with Gasteiger partial charge in [0.1, 0.15) is 10.8 Å². The Morgan fingerprint density at radius 2 is 1.96 bits per heavy atom. The zero-order chi connectivity index (χ0) is 19.2. The van der Waals surface area contributed by atoms with E-state index in [0.717, 1.165) is 21.8 Å². The second kappa shape index (κ2) is 8.88. The Bertz CT molecular complexity index is 895. The van der Waals surface area contributed by atoms with Crippen LogP contribution in [0.3, 0.4) is 0 Å². The first-order chi connectivity index (χ1) is 13.0. The third-order valence-corrected chi connectivity index (χ3v) is 5.20. The fourth-order valence-corrected chi connectivity index (χ4v) is 3.68. The lowest BCUT2D eigenvalue weighted by Crippen LogP contribution is -2.35. The van der Waals surface area contributed by atoms with Crippen LogP contribution in [0.5, 0.6) is 0 Å². The number of rotatable bonds is 7. The van der Waals surface area contributed by atoms with E-state index in [0.29, 0.717) is 6.54 Å². The van der Waals surface area contributed by atoms with Gasteiger partial charge in [0.05, 0.1) is 18.2 Å². The Labute approximate surface area is 162 Å². The minimum atomic E-state index is -0.276. The maximum Gasteiger partial charge on any atom is 0.226 e. The van der Waals surface area contributed by atoms with Crippen molar-refractivity contribution in [2.24, 2.45) is 0 Å². The summed E-state index contributed by atoms with van der Waals surface area (Å²) in [5.41, 5.74) is 2.64. The van der Waals surface area contributed by atoms with E-state index in [-0.39, 0.29) is 24.2 Å². The number of hydrogen-bond acceptors (Lipinski definition) is 4. The van der Waals surface area contributed by atoms with Gasteiger partial charge in [-0.25, -0.2) is 9.37 Å². The van der Waals surface area contributed by atoms with Gasteiger partial charge in [0, 0.05) is 17.5 Å². The summed E-state index contributed by atoms with van der Waals surface area (Å²) in [6.07, 6.45) is 0.229. The molecule has 6 heteroatoms. The van der Waals surface area contributed by atoms with E-state index < -0.39 is 0 Å². The first-order valence-electron chi connectivity index (χ1n) is 8.71. The number of thiazole rings is 1. The molecule has 0 spiro atoms. The molecule has 0 aliphatic rings. The number of nitrogens with zero attached hydrogens (tertiary/aromatic N) is 2. The van der Waals surface area contributed by atoms with Crippen LogP contribution in [-0.2, 0) is 11.2 Å². The van der Waals surface area contributed by atoms with Crippen LogP contribution in [0.4, 0.5) is 4.39 Å². The molecule has 0 bridgehead atoms. The molecule has 0 saturated heterocycles. The molecule has 140 valence electrons. The summed E-state index contributed by atoms with van der Waals surface area (Å²) in [6.45, 7) is 0.408. The Hall–Kier alpha value is -2.57. The van der Waals surface area contributed by atoms with Crippen molar-refractivity contribution in [2.45, 2.75) is 12.5 Å². The molecule has 4 nitrogen and oxygen atoms in total. The zero-order valence-corrected chi connectivity index (χ0v) is 16.2. The number of hydrogen-bond donors (Lipinski definition) is 1. The van der Waals surface area contributed by atoms with Crippen LogP contribution in [-0.4, -0.2) is 36.4 Å². The van der Waals surface area contributed by atoms with Crippen molar-refractivity contribution in [3.8, 4) is 10.6 Å². The van der Waals surface area contributed by atoms with E-state index in [4.69, 9.17) is 0 Å². The summed E-state index contributed by atoms with van der Waals surface area (Å²) in [5.74, 6) is -0.371. The van der Waals surface area contributed by atoms with Gasteiger partial charge in [0.25, 0.3) is 0 Å². The van der Waals surface area contributed by atoms with E-state index in [9.17, 15) is 9.18 Å². The Morgan fingerprint density at radius 1 is 1.19 bits per heavy atom. The molecule has 1 N–H and O–H groups in total. The van der Waals surface area contributed by atoms with Crippen molar-refractivity contribution < 1.29 is 9.18 Å². The summed E-state index contributed by atoms with van der Waals surface area (Å²) < 4.78 is 13.5. The van der Waals surface area contributed by atoms with Crippen LogP contribution >= 0.6 is 11.3 Å². The molecule has 3 aromatic rings. The average molecular weight is 383 g/mol. The second-order valence-corrected chi connectivity index (χ2v) is 7.38. The summed E-state index contributed by atoms with van der Waals surface area (Å²) >= 11 is 1.53. The van der Waals surface area contributed by atoms with Gasteiger partial charge in [-0.1, -0.05) is 42.5 Å². The van der Waals surface area contributed by atoms with Crippen molar-refractivity contribution in [2.75, 3.05) is 20.6 Å². The fourth-order valence-electron chi connectivity index (χ4n) is 2.85. The monoisotopic (exact) mass is 383 g/mol. The zero-order valence-electron chi connectivity index (χ0n) is 15.4. The molecular formula is C21H22FN3OS. The highest BCUT2D eigenvalue weighted by molar-refractivity contribution is 7.13. The lowest BCUT2D eigenvalue weighted by molar-refractivity contribution is -0.120. The smallest absolute Gasteiger partial charge is 0.226 e. The van der Waals surface area contributed by atoms with Gasteiger partial charge in [-0.3, -0.25) is 4.79 Å². The molecule has 3 rings (SSSR count). The molecule has 1 amide bonds. The topological polar surface area (TPSA) is 45.2 Å². The number of halogens is 1. The number of carbonyl (C=O) groups excluding carboxylic acids is 1. The Kier molecular flexibility index (Phi) is 6.32. The van der Waals surface area contributed by atoms with Crippen LogP contribution in [0.2, 0.25) is 0 Å². The van der Waals surface area contributed by atoms with E-state index in [1.165, 1.54) is 23.5 Å². The lowest BCUT2D eigenvalue weighted by atomic mass is 10.1. The molecule has 1 aromatic heterocycles. The third kappa shape index (κ3) is 5.21. The van der Waals surface area contributed by atoms with Crippen LogP contribution in [0.15, 0.2) is 60.0 Å². The molecule has 1 atom stereocenters. The van der Waals surface area contributed by atoms with E-state index in [1.807, 2.05) is 60.8 Å². The van der Waals surface area contributed by atoms with Gasteiger partial charge in [0.2, 0.25) is 5.91 Å². The molecule has 2 aromatic carbocycles. The molecule has 1 heterocycles. The standard InChI is InChI=1S/C21H22FN3OS/c1-25(2)19(16-9-6-10-17(22)11-16)13-23-20(26)12-18-14-27-21(24-18)15-7-4-3-5-8-15/h3-11,14,19H,12-13H2,1-2H3,(H,23,26). The fraction of sp³-hybridized carbons (Fsp3) is 0.238. The van der Waals surface area contributed by atoms with Crippen molar-refractivity contribution in [1.82, 2.24) is 15.2 Å². The summed E-state index contributed by atoms with van der Waals surface area (Å²) in [7, 11) is 3.82. The maximum atomic E-state index is 13.5. The Balaban J connectivity index is 1.59. The summed E-state index contributed by atoms with van der Waals surface area (Å²) in [5, 5.41) is 5.76. The van der Waals surface area contributed by atoms with E-state index in [2.05, 4.69) is 10.3 Å². The van der Waals surface area contributed by atoms with Crippen LogP contribution < -0.4 is 5.32 Å². The van der Waals surface area contributed by atoms with Gasteiger partial charge in [-0.15, -0.1) is 11.3 Å². The average Bonchev–Trinajstić information content (AvgIpc) is 3.11. The van der Waals surface area contributed by atoms with Crippen molar-refractivity contribution in [1.29, 1.82) is 0 Å². The Morgan fingerprint density at radius 3 is 2.67 bits per heavy atom. The third-order valence-electron chi connectivity index (χ3n) is 4.26. The van der Waals surface area contributed by atoms with E-state index >= 15 is 0 Å². The highest BCUT2D eigenvalue weighted by atomic mass is 32.1. The number of amides is 1. The first kappa shape index (κ1) is 19.2. The highest BCUT2D eigenvalue weighted by Gasteiger charge is 2.16. The number of likely N-dealkylation sites (N-methyl/N-ethyl adjacent to an activating group) is 1. The number of carbonyl (C=O) groups is 1. The summed E-state index contributed by atoms with van der Waals surface area (Å²) in [6, 6.07) is 16.3. The lowest BCUT2D eigenvalue weighted by Gasteiger charge is -2.25. The molecule has 0 radical (unpaired) electrons. The predicted octanol–water partition coefficient (Wildman–Crippen LogP) is 3.91. The van der Waals surface area contributed by atoms with Crippen LogP contribution in [0.25, 0.3) is 10.6 Å². The molecule has 1 unspecified atom stereocenters. The van der Waals surface area contributed by atoms with Gasteiger partial charge < -0.3 is 10.2 Å². The van der Waals surface area contributed by atoms with Crippen molar-refractivity contribution >= 4 is 17.2 Å². The molecule has 0 aliphatic carbocycles. The molecule has 27 heavy (non-hydrogen) atoms. The largest absolute Gasteiger partial charge is 0.354 e. The van der Waals surface area contributed by atoms with Gasteiger partial charge >= 0.3 is 0 Å². The quantitative estimate of drug-likeness (QED) is 0.673. The number of benzene rings is 2. The minimum Gasteiger partial charge on any atom is -0.354 e. The van der Waals surface area contributed by atoms with Gasteiger partial charge in [-0.2, -0.15) is 0 Å².